The zero-order chi connectivity index (χ0) is 9.97. The van der Waals surface area contributed by atoms with Gasteiger partial charge in [0.05, 0.1) is 5.69 Å². The lowest BCUT2D eigenvalue weighted by Gasteiger charge is -2.00. The fourth-order valence-corrected chi connectivity index (χ4v) is 1.48. The van der Waals surface area contributed by atoms with Crippen LogP contribution in [0.1, 0.15) is 5.69 Å². The maximum atomic E-state index is 4.33. The Morgan fingerprint density at radius 2 is 1.86 bits per heavy atom. The van der Waals surface area contributed by atoms with E-state index in [-0.39, 0.29) is 0 Å². The van der Waals surface area contributed by atoms with E-state index in [9.17, 15) is 0 Å². The molecule has 0 N–H and O–H groups in total. The van der Waals surface area contributed by atoms with Crippen molar-refractivity contribution >= 4 is 22.6 Å². The fourth-order valence-electron chi connectivity index (χ4n) is 1.17. The van der Waals surface area contributed by atoms with Gasteiger partial charge >= 0.3 is 0 Å². The summed E-state index contributed by atoms with van der Waals surface area (Å²) in [6.45, 7) is 1.98. The molecule has 0 bridgehead atoms. The zero-order valence-corrected chi connectivity index (χ0v) is 9.89. The molecule has 3 heteroatoms. The number of hydrogen-bond acceptors (Lipinski definition) is 2. The molecule has 0 fully saturated rings. The molecule has 0 aromatic carbocycles. The molecule has 2 aromatic heterocycles. The van der Waals surface area contributed by atoms with Gasteiger partial charge in [-0.1, -0.05) is 0 Å². The molecular formula is C11H9IN2. The van der Waals surface area contributed by atoms with Crippen LogP contribution < -0.4 is 0 Å². The summed E-state index contributed by atoms with van der Waals surface area (Å²) in [7, 11) is 0. The molecule has 2 nitrogen and oxygen atoms in total. The third kappa shape index (κ3) is 2.09. The number of aromatic nitrogens is 2. The Hall–Kier alpha value is -0.970. The van der Waals surface area contributed by atoms with E-state index in [1.54, 1.807) is 0 Å². The van der Waals surface area contributed by atoms with E-state index in [1.165, 1.54) is 0 Å². The molecule has 70 valence electrons. The number of nitrogens with zero attached hydrogens (tertiary/aromatic N) is 2. The lowest BCUT2D eigenvalue weighted by atomic mass is 10.2. The third-order valence-electron chi connectivity index (χ3n) is 1.93. The Labute approximate surface area is 96.6 Å². The predicted molar refractivity (Wildman–Crippen MR) is 64.9 cm³/mol. The first kappa shape index (κ1) is 9.58. The van der Waals surface area contributed by atoms with Crippen molar-refractivity contribution in [2.24, 2.45) is 0 Å². The summed E-state index contributed by atoms with van der Waals surface area (Å²) < 4.78 is 1.14. The van der Waals surface area contributed by atoms with Gasteiger partial charge in [-0.15, -0.1) is 0 Å². The standard InChI is InChI=1S/C11H9IN2/c1-8-2-3-9(6-13-8)11-5-4-10(12)7-14-11/h2-7H,1H3. The van der Waals surface area contributed by atoms with Crippen LogP contribution in [0.2, 0.25) is 0 Å². The zero-order valence-electron chi connectivity index (χ0n) is 7.74. The molecule has 0 aliphatic heterocycles. The minimum absolute atomic E-state index is 0.970. The Kier molecular flexibility index (Phi) is 2.77. The van der Waals surface area contributed by atoms with E-state index in [0.717, 1.165) is 20.5 Å². The van der Waals surface area contributed by atoms with E-state index in [0.29, 0.717) is 0 Å². The smallest absolute Gasteiger partial charge is 0.0718 e. The molecular weight excluding hydrogens is 287 g/mol. The predicted octanol–water partition coefficient (Wildman–Crippen LogP) is 3.06. The molecule has 14 heavy (non-hydrogen) atoms. The van der Waals surface area contributed by atoms with Crippen molar-refractivity contribution in [3.63, 3.8) is 0 Å². The first-order valence-electron chi connectivity index (χ1n) is 4.30. The van der Waals surface area contributed by atoms with Crippen LogP contribution >= 0.6 is 22.6 Å². The molecule has 0 radical (unpaired) electrons. The van der Waals surface area contributed by atoms with E-state index < -0.39 is 0 Å². The second-order valence-electron chi connectivity index (χ2n) is 3.05. The van der Waals surface area contributed by atoms with Crippen molar-refractivity contribution in [1.82, 2.24) is 9.97 Å². The van der Waals surface area contributed by atoms with Gasteiger partial charge in [-0.2, -0.15) is 0 Å². The maximum absolute atomic E-state index is 4.33. The Morgan fingerprint density at radius 3 is 2.43 bits per heavy atom. The highest BCUT2D eigenvalue weighted by atomic mass is 127. The summed E-state index contributed by atoms with van der Waals surface area (Å²) in [4.78, 5) is 8.57. The average Bonchev–Trinajstić information content (AvgIpc) is 2.21. The molecule has 0 aliphatic carbocycles. The molecule has 2 heterocycles. The highest BCUT2D eigenvalue weighted by Crippen LogP contribution is 2.16. The minimum atomic E-state index is 0.970. The van der Waals surface area contributed by atoms with Gasteiger partial charge in [-0.25, -0.2) is 0 Å². The maximum Gasteiger partial charge on any atom is 0.0718 e. The Morgan fingerprint density at radius 1 is 1.00 bits per heavy atom. The first-order valence-corrected chi connectivity index (χ1v) is 5.38. The van der Waals surface area contributed by atoms with E-state index in [1.807, 2.05) is 43.6 Å². The van der Waals surface area contributed by atoms with Crippen LogP contribution in [0.4, 0.5) is 0 Å². The number of rotatable bonds is 1. The quantitative estimate of drug-likeness (QED) is 0.756. The molecule has 0 spiro atoms. The van der Waals surface area contributed by atoms with E-state index >= 15 is 0 Å². The van der Waals surface area contributed by atoms with Crippen LogP contribution in [0.25, 0.3) is 11.3 Å². The minimum Gasteiger partial charge on any atom is -0.261 e. The van der Waals surface area contributed by atoms with Gasteiger partial charge in [0.15, 0.2) is 0 Å². The van der Waals surface area contributed by atoms with Crippen molar-refractivity contribution in [3.05, 3.63) is 45.9 Å². The summed E-state index contributed by atoms with van der Waals surface area (Å²) in [6.07, 6.45) is 3.71. The van der Waals surface area contributed by atoms with Crippen LogP contribution in [0.3, 0.4) is 0 Å². The van der Waals surface area contributed by atoms with Crippen LogP contribution in [0.5, 0.6) is 0 Å². The molecule has 0 aliphatic rings. The number of pyridine rings is 2. The molecule has 2 aromatic rings. The molecule has 0 unspecified atom stereocenters. The lowest BCUT2D eigenvalue weighted by Crippen LogP contribution is -1.86. The fraction of sp³-hybridized carbons (Fsp3) is 0.0909. The molecule has 0 atom stereocenters. The van der Waals surface area contributed by atoms with Crippen LogP contribution in [-0.4, -0.2) is 9.97 Å². The average molecular weight is 296 g/mol. The second-order valence-corrected chi connectivity index (χ2v) is 4.30. The number of halogens is 1. The largest absolute Gasteiger partial charge is 0.261 e. The normalized spacial score (nSPS) is 10.1. The summed E-state index contributed by atoms with van der Waals surface area (Å²) in [5.74, 6) is 0. The van der Waals surface area contributed by atoms with Gasteiger partial charge in [-0.3, -0.25) is 9.97 Å². The van der Waals surface area contributed by atoms with Gasteiger partial charge in [-0.05, 0) is 53.8 Å². The highest BCUT2D eigenvalue weighted by molar-refractivity contribution is 14.1. The van der Waals surface area contributed by atoms with Crippen LogP contribution in [0, 0.1) is 10.5 Å². The number of aryl methyl sites for hydroxylation is 1. The molecule has 2 rings (SSSR count). The van der Waals surface area contributed by atoms with Gasteiger partial charge in [0.2, 0.25) is 0 Å². The molecule has 0 saturated heterocycles. The van der Waals surface area contributed by atoms with Crippen molar-refractivity contribution in [2.75, 3.05) is 0 Å². The summed E-state index contributed by atoms with van der Waals surface area (Å²) in [5.41, 5.74) is 3.06. The topological polar surface area (TPSA) is 25.8 Å². The van der Waals surface area contributed by atoms with E-state index in [2.05, 4.69) is 32.6 Å². The highest BCUT2D eigenvalue weighted by Gasteiger charge is 1.98. The molecule has 0 amide bonds. The van der Waals surface area contributed by atoms with Gasteiger partial charge in [0.25, 0.3) is 0 Å². The lowest BCUT2D eigenvalue weighted by molar-refractivity contribution is 1.19. The summed E-state index contributed by atoms with van der Waals surface area (Å²) >= 11 is 2.24. The van der Waals surface area contributed by atoms with E-state index in [4.69, 9.17) is 0 Å². The van der Waals surface area contributed by atoms with Gasteiger partial charge in [0, 0.05) is 27.2 Å². The van der Waals surface area contributed by atoms with Crippen LogP contribution in [-0.2, 0) is 0 Å². The van der Waals surface area contributed by atoms with Crippen LogP contribution in [0.15, 0.2) is 36.7 Å². The van der Waals surface area contributed by atoms with Gasteiger partial charge < -0.3 is 0 Å². The Bertz CT molecular complexity index is 377. The van der Waals surface area contributed by atoms with Crippen molar-refractivity contribution in [3.8, 4) is 11.3 Å². The van der Waals surface area contributed by atoms with Gasteiger partial charge in [0.1, 0.15) is 0 Å². The summed E-state index contributed by atoms with van der Waals surface area (Å²) in [5, 5.41) is 0. The third-order valence-corrected chi connectivity index (χ3v) is 2.57. The second kappa shape index (κ2) is 4.04. The monoisotopic (exact) mass is 296 g/mol. The van der Waals surface area contributed by atoms with Crippen molar-refractivity contribution in [2.45, 2.75) is 6.92 Å². The molecule has 0 saturated carbocycles. The Balaban J connectivity index is 2.40. The SMILES string of the molecule is Cc1ccc(-c2ccc(I)cn2)cn1. The van der Waals surface area contributed by atoms with Crippen molar-refractivity contribution in [1.29, 1.82) is 0 Å². The number of hydrogen-bond donors (Lipinski definition) is 0. The summed E-state index contributed by atoms with van der Waals surface area (Å²) in [6, 6.07) is 8.09. The first-order chi connectivity index (χ1) is 6.75. The van der Waals surface area contributed by atoms with Crippen molar-refractivity contribution < 1.29 is 0 Å².